The van der Waals surface area contributed by atoms with Gasteiger partial charge in [0, 0.05) is 69.3 Å². The van der Waals surface area contributed by atoms with Gasteiger partial charge in [-0.2, -0.15) is 0 Å². The number of amides is 4. The number of hydrogen-bond acceptors (Lipinski definition) is 7. The van der Waals surface area contributed by atoms with Gasteiger partial charge in [-0.05, 0) is 96.5 Å². The molecule has 12 nitrogen and oxygen atoms in total. The molecule has 4 amide bonds. The predicted molar refractivity (Wildman–Crippen MR) is 218 cm³/mol. The van der Waals surface area contributed by atoms with E-state index in [1.165, 1.54) is 6.07 Å². The van der Waals surface area contributed by atoms with Crippen molar-refractivity contribution < 1.29 is 28.0 Å². The molecule has 9 rings (SSSR count). The van der Waals surface area contributed by atoms with E-state index in [1.54, 1.807) is 52.1 Å². The van der Waals surface area contributed by atoms with E-state index in [0.29, 0.717) is 72.5 Å². The van der Waals surface area contributed by atoms with Crippen molar-refractivity contribution in [3.05, 3.63) is 107 Å². The smallest absolute Gasteiger partial charge is 0.270 e. The van der Waals surface area contributed by atoms with E-state index in [0.717, 1.165) is 42.4 Å². The number of halogens is 2. The highest BCUT2D eigenvalue weighted by Crippen LogP contribution is 2.39. The molecule has 3 fully saturated rings. The SMILES string of the molecule is CN(C(=O)c1cc2c(-c3ccc(C4CCN(c5ccc(C6CCC(=O)NC6=O)cc5F)CC4)cc3)cc(C3=CCCN(C(=O)CCn4ccnn4)C3)c(F)c2[nH]1)C1CC1. The molecule has 3 aliphatic heterocycles. The molecule has 0 bridgehead atoms. The summed E-state index contributed by atoms with van der Waals surface area (Å²) in [6.07, 6.45) is 10.3. The Kier molecular flexibility index (Phi) is 10.3. The minimum Gasteiger partial charge on any atom is -0.369 e. The molecular formula is C45H46F2N8O4. The van der Waals surface area contributed by atoms with Gasteiger partial charge < -0.3 is 19.7 Å². The second-order valence-electron chi connectivity index (χ2n) is 16.3. The first kappa shape index (κ1) is 38.3. The summed E-state index contributed by atoms with van der Waals surface area (Å²) >= 11 is 0. The minimum absolute atomic E-state index is 0.0436. The molecule has 1 atom stereocenters. The first-order chi connectivity index (χ1) is 28.6. The zero-order chi connectivity index (χ0) is 40.8. The Hall–Kier alpha value is -6.18. The van der Waals surface area contributed by atoms with E-state index in [-0.39, 0.29) is 66.3 Å². The molecule has 2 aromatic heterocycles. The van der Waals surface area contributed by atoms with Crippen molar-refractivity contribution in [3.8, 4) is 11.1 Å². The van der Waals surface area contributed by atoms with Crippen LogP contribution >= 0.6 is 0 Å². The number of aromatic nitrogens is 4. The Morgan fingerprint density at radius 3 is 2.41 bits per heavy atom. The average molecular weight is 801 g/mol. The summed E-state index contributed by atoms with van der Waals surface area (Å²) < 4.78 is 33.8. The summed E-state index contributed by atoms with van der Waals surface area (Å²) in [6, 6.07) is 17.1. The number of hydrogen-bond donors (Lipinski definition) is 2. The summed E-state index contributed by atoms with van der Waals surface area (Å²) in [4.78, 5) is 59.4. The number of piperidine rings is 2. The van der Waals surface area contributed by atoms with E-state index in [4.69, 9.17) is 0 Å². The fourth-order valence-corrected chi connectivity index (χ4v) is 8.93. The molecule has 5 aromatic rings. The van der Waals surface area contributed by atoms with Crippen molar-refractivity contribution in [1.82, 2.24) is 35.1 Å². The third-order valence-corrected chi connectivity index (χ3v) is 12.5. The largest absolute Gasteiger partial charge is 0.369 e. The molecule has 1 saturated carbocycles. The Balaban J connectivity index is 0.944. The monoisotopic (exact) mass is 800 g/mol. The Labute approximate surface area is 340 Å². The van der Waals surface area contributed by atoms with Crippen LogP contribution in [0.5, 0.6) is 0 Å². The maximum Gasteiger partial charge on any atom is 0.270 e. The number of rotatable bonds is 10. The summed E-state index contributed by atoms with van der Waals surface area (Å²) in [5.41, 5.74) is 5.61. The molecule has 0 spiro atoms. The lowest BCUT2D eigenvalue weighted by atomic mass is 9.87. The predicted octanol–water partition coefficient (Wildman–Crippen LogP) is 6.55. The van der Waals surface area contributed by atoms with Crippen LogP contribution in [0.2, 0.25) is 0 Å². The van der Waals surface area contributed by atoms with Crippen LogP contribution in [0.4, 0.5) is 14.5 Å². The highest BCUT2D eigenvalue weighted by atomic mass is 19.1. The van der Waals surface area contributed by atoms with Crippen molar-refractivity contribution >= 4 is 45.8 Å². The van der Waals surface area contributed by atoms with Gasteiger partial charge in [-0.25, -0.2) is 8.78 Å². The fraction of sp³-hybridized carbons (Fsp3) is 0.378. The first-order valence-electron chi connectivity index (χ1n) is 20.5. The highest BCUT2D eigenvalue weighted by Gasteiger charge is 2.33. The Bertz CT molecular complexity index is 2470. The van der Waals surface area contributed by atoms with Crippen LogP contribution in [0.25, 0.3) is 27.6 Å². The van der Waals surface area contributed by atoms with Crippen LogP contribution in [0.3, 0.4) is 0 Å². The molecule has 0 radical (unpaired) electrons. The van der Waals surface area contributed by atoms with E-state index in [1.807, 2.05) is 29.2 Å². The van der Waals surface area contributed by atoms with Gasteiger partial charge in [0.2, 0.25) is 17.7 Å². The Morgan fingerprint density at radius 1 is 0.915 bits per heavy atom. The third-order valence-electron chi connectivity index (χ3n) is 12.5. The van der Waals surface area contributed by atoms with Crippen LogP contribution in [0.1, 0.15) is 90.4 Å². The van der Waals surface area contributed by atoms with Crippen LogP contribution < -0.4 is 10.2 Å². The number of fused-ring (bicyclic) bond motifs is 1. The summed E-state index contributed by atoms with van der Waals surface area (Å²) in [5, 5.41) is 10.7. The van der Waals surface area contributed by atoms with Gasteiger partial charge in [-0.15, -0.1) is 5.10 Å². The van der Waals surface area contributed by atoms with Gasteiger partial charge in [0.05, 0.1) is 29.9 Å². The van der Waals surface area contributed by atoms with Crippen LogP contribution in [0.15, 0.2) is 73.1 Å². The number of nitrogens with one attached hydrogen (secondary N) is 2. The standard InChI is InChI=1S/C45H46F2N8O4/c1-52(32-9-10-32)45(59)38-25-36-34(24-35(42(47)43(36)49-38)31-3-2-18-54(26-31)41(57)16-21-55-22-17-48-51-55)29-6-4-27(5-7-29)28-14-19-53(20-15-28)39-12-8-30(23-37(39)46)33-11-13-40(56)50-44(33)58/h3-8,12,17,22-25,28,32-33,49H,2,9-11,13-16,18-21,26H2,1H3,(H,50,56,58). The number of imide groups is 1. The topological polar surface area (TPSA) is 137 Å². The quantitative estimate of drug-likeness (QED) is 0.153. The molecule has 4 aliphatic rings. The maximum absolute atomic E-state index is 16.7. The number of H-pyrrole nitrogens is 1. The van der Waals surface area contributed by atoms with Gasteiger partial charge in [0.15, 0.2) is 5.82 Å². The molecule has 14 heteroatoms. The zero-order valence-corrected chi connectivity index (χ0v) is 32.9. The highest BCUT2D eigenvalue weighted by molar-refractivity contribution is 6.05. The van der Waals surface area contributed by atoms with Crippen molar-refractivity contribution in [2.45, 2.75) is 75.8 Å². The van der Waals surface area contributed by atoms with E-state index >= 15 is 8.78 Å². The van der Waals surface area contributed by atoms with Crippen LogP contribution in [-0.4, -0.2) is 92.7 Å². The molecule has 3 aromatic carbocycles. The van der Waals surface area contributed by atoms with E-state index in [2.05, 4.69) is 32.7 Å². The molecule has 1 aliphatic carbocycles. The third kappa shape index (κ3) is 7.75. The molecule has 2 saturated heterocycles. The number of benzene rings is 3. The van der Waals surface area contributed by atoms with Crippen LogP contribution in [0, 0.1) is 11.6 Å². The molecule has 59 heavy (non-hydrogen) atoms. The second-order valence-corrected chi connectivity index (χ2v) is 16.3. The average Bonchev–Trinajstić information content (AvgIpc) is 3.77. The second kappa shape index (κ2) is 15.9. The summed E-state index contributed by atoms with van der Waals surface area (Å²) in [7, 11) is 1.79. The number of carbonyl (C=O) groups is 4. The van der Waals surface area contributed by atoms with Gasteiger partial charge >= 0.3 is 0 Å². The van der Waals surface area contributed by atoms with E-state index < -0.39 is 11.7 Å². The van der Waals surface area contributed by atoms with Gasteiger partial charge in [-0.3, -0.25) is 29.2 Å². The molecule has 1 unspecified atom stereocenters. The Morgan fingerprint density at radius 2 is 1.69 bits per heavy atom. The zero-order valence-electron chi connectivity index (χ0n) is 32.9. The molecule has 304 valence electrons. The van der Waals surface area contributed by atoms with Crippen molar-refractivity contribution in [2.24, 2.45) is 0 Å². The molecular weight excluding hydrogens is 755 g/mol. The number of aromatic amines is 1. The van der Waals surface area contributed by atoms with Crippen molar-refractivity contribution in [1.29, 1.82) is 0 Å². The lowest BCUT2D eigenvalue weighted by molar-refractivity contribution is -0.134. The normalized spacial score (nSPS) is 18.9. The maximum atomic E-state index is 16.7. The van der Waals surface area contributed by atoms with Gasteiger partial charge in [-0.1, -0.05) is 41.6 Å². The number of aryl methyl sites for hydroxylation is 1. The lowest BCUT2D eigenvalue weighted by Gasteiger charge is -2.34. The first-order valence-corrected chi connectivity index (χ1v) is 20.5. The van der Waals surface area contributed by atoms with E-state index in [9.17, 15) is 19.2 Å². The molecule has 2 N–H and O–H groups in total. The number of anilines is 1. The summed E-state index contributed by atoms with van der Waals surface area (Å²) in [5.74, 6) is -2.01. The fourth-order valence-electron chi connectivity index (χ4n) is 8.93. The van der Waals surface area contributed by atoms with Gasteiger partial charge in [0.25, 0.3) is 5.91 Å². The summed E-state index contributed by atoms with van der Waals surface area (Å²) in [6.45, 7) is 2.53. The van der Waals surface area contributed by atoms with Crippen molar-refractivity contribution in [2.75, 3.05) is 38.1 Å². The van der Waals surface area contributed by atoms with Crippen LogP contribution in [-0.2, 0) is 20.9 Å². The molecule has 5 heterocycles. The lowest BCUT2D eigenvalue weighted by Crippen LogP contribution is -2.39. The minimum atomic E-state index is -0.536. The number of nitrogens with zero attached hydrogens (tertiary/aromatic N) is 6. The number of carbonyl (C=O) groups excluding carboxylic acids is 4. The van der Waals surface area contributed by atoms with Gasteiger partial charge in [0.1, 0.15) is 11.5 Å². The van der Waals surface area contributed by atoms with Crippen molar-refractivity contribution in [3.63, 3.8) is 0 Å².